The van der Waals surface area contributed by atoms with Crippen molar-refractivity contribution in [2.45, 2.75) is 6.54 Å². The number of aromatic nitrogens is 3. The van der Waals surface area contributed by atoms with Crippen LogP contribution in [0.25, 0.3) is 10.1 Å². The van der Waals surface area contributed by atoms with E-state index in [0.717, 1.165) is 15.1 Å². The number of thiophene rings is 1. The van der Waals surface area contributed by atoms with E-state index in [0.29, 0.717) is 11.7 Å². The maximum Gasteiger partial charge on any atom is 0.259 e. The predicted octanol–water partition coefficient (Wildman–Crippen LogP) is 1.54. The van der Waals surface area contributed by atoms with Crippen LogP contribution < -0.4 is 11.3 Å². The molecular formula is C10H8N4OS2. The number of rotatable bonds is 2. The maximum absolute atomic E-state index is 12.1. The third-order valence-corrected chi connectivity index (χ3v) is 4.00. The summed E-state index contributed by atoms with van der Waals surface area (Å²) in [4.78, 5) is 12.1. The zero-order valence-electron chi connectivity index (χ0n) is 8.66. The summed E-state index contributed by atoms with van der Waals surface area (Å²) in [5.41, 5.74) is 5.50. The van der Waals surface area contributed by atoms with E-state index in [1.807, 2.05) is 17.5 Å². The van der Waals surface area contributed by atoms with Crippen LogP contribution in [0, 0.1) is 0 Å². The quantitative estimate of drug-likeness (QED) is 0.762. The minimum Gasteiger partial charge on any atom is -0.374 e. The summed E-state index contributed by atoms with van der Waals surface area (Å²) in [5.74, 6) is 0. The maximum atomic E-state index is 12.1. The van der Waals surface area contributed by atoms with Gasteiger partial charge in [0.15, 0.2) is 0 Å². The number of hydrogen-bond acceptors (Lipinski definition) is 6. The molecule has 0 aliphatic heterocycles. The molecule has 3 heterocycles. The van der Waals surface area contributed by atoms with Crippen LogP contribution in [0.1, 0.15) is 5.01 Å². The second-order valence-corrected chi connectivity index (χ2v) is 5.52. The average Bonchev–Trinajstić information content (AvgIpc) is 2.92. The van der Waals surface area contributed by atoms with E-state index in [1.165, 1.54) is 11.3 Å². The van der Waals surface area contributed by atoms with Gasteiger partial charge in [-0.3, -0.25) is 4.79 Å². The van der Waals surface area contributed by atoms with Gasteiger partial charge in [0.05, 0.1) is 11.9 Å². The molecule has 0 bridgehead atoms. The molecule has 0 saturated carbocycles. The van der Waals surface area contributed by atoms with Crippen LogP contribution in [0.15, 0.2) is 28.5 Å². The lowest BCUT2D eigenvalue weighted by atomic mass is 10.3. The van der Waals surface area contributed by atoms with Crippen LogP contribution >= 0.6 is 22.7 Å². The van der Waals surface area contributed by atoms with Gasteiger partial charge in [-0.25, -0.2) is 0 Å². The van der Waals surface area contributed by atoms with Crippen LogP contribution in [0.2, 0.25) is 0 Å². The Hall–Kier alpha value is -1.73. The van der Waals surface area contributed by atoms with Crippen LogP contribution in [0.3, 0.4) is 0 Å². The van der Waals surface area contributed by atoms with E-state index in [4.69, 9.17) is 5.73 Å². The van der Waals surface area contributed by atoms with Crippen molar-refractivity contribution in [1.82, 2.24) is 14.8 Å². The van der Waals surface area contributed by atoms with E-state index in [9.17, 15) is 4.79 Å². The molecule has 3 aromatic heterocycles. The van der Waals surface area contributed by atoms with Crippen molar-refractivity contribution >= 4 is 37.9 Å². The zero-order valence-corrected chi connectivity index (χ0v) is 10.3. The van der Waals surface area contributed by atoms with Crippen LogP contribution in [-0.2, 0) is 6.54 Å². The smallest absolute Gasteiger partial charge is 0.259 e. The van der Waals surface area contributed by atoms with Gasteiger partial charge in [-0.05, 0) is 17.5 Å². The lowest BCUT2D eigenvalue weighted by molar-refractivity contribution is 0.752. The minimum absolute atomic E-state index is 0.00229. The molecular weight excluding hydrogens is 256 g/mol. The molecule has 17 heavy (non-hydrogen) atoms. The Labute approximate surface area is 104 Å². The summed E-state index contributed by atoms with van der Waals surface area (Å²) < 4.78 is 2.62. The van der Waals surface area contributed by atoms with Gasteiger partial charge in [0.2, 0.25) is 5.13 Å². The van der Waals surface area contributed by atoms with Crippen molar-refractivity contribution in [2.24, 2.45) is 0 Å². The monoisotopic (exact) mass is 264 g/mol. The largest absolute Gasteiger partial charge is 0.374 e. The number of nitrogens with zero attached hydrogens (tertiary/aromatic N) is 3. The van der Waals surface area contributed by atoms with Gasteiger partial charge in [-0.1, -0.05) is 11.3 Å². The molecule has 5 nitrogen and oxygen atoms in total. The Kier molecular flexibility index (Phi) is 2.41. The molecule has 0 atom stereocenters. The molecule has 0 aliphatic rings. The van der Waals surface area contributed by atoms with Gasteiger partial charge in [-0.2, -0.15) is 0 Å². The van der Waals surface area contributed by atoms with Crippen molar-refractivity contribution in [2.75, 3.05) is 5.73 Å². The summed E-state index contributed by atoms with van der Waals surface area (Å²) in [6.45, 7) is 0.416. The number of nitrogen functional groups attached to an aromatic ring is 1. The standard InChI is InChI=1S/C10H8N4OS2/c11-10-13-12-8(17-10)5-14-3-1-7-6(9(14)15)2-4-16-7/h1-4H,5H2,(H2,11,13). The molecule has 0 fully saturated rings. The summed E-state index contributed by atoms with van der Waals surface area (Å²) in [6, 6.07) is 3.78. The average molecular weight is 264 g/mol. The first kappa shape index (κ1) is 10.4. The Balaban J connectivity index is 2.06. The van der Waals surface area contributed by atoms with Gasteiger partial charge < -0.3 is 10.3 Å². The highest BCUT2D eigenvalue weighted by Gasteiger charge is 2.06. The number of nitrogens with two attached hydrogens (primary N) is 1. The summed E-state index contributed by atoms with van der Waals surface area (Å²) in [7, 11) is 0. The fraction of sp³-hybridized carbons (Fsp3) is 0.100. The Bertz CT molecular complexity index is 727. The zero-order chi connectivity index (χ0) is 11.8. The van der Waals surface area contributed by atoms with Crippen LogP contribution in [0.4, 0.5) is 5.13 Å². The molecule has 0 unspecified atom stereocenters. The number of anilines is 1. The van der Waals surface area contributed by atoms with Gasteiger partial charge in [0.1, 0.15) is 5.01 Å². The van der Waals surface area contributed by atoms with Gasteiger partial charge in [-0.15, -0.1) is 21.5 Å². The molecule has 0 saturated heterocycles. The lowest BCUT2D eigenvalue weighted by Crippen LogP contribution is -2.19. The first-order chi connectivity index (χ1) is 8.24. The highest BCUT2D eigenvalue weighted by Crippen LogP contribution is 2.17. The molecule has 0 radical (unpaired) electrons. The SMILES string of the molecule is Nc1nnc(Cn2ccc3sccc3c2=O)s1. The number of fused-ring (bicyclic) bond motifs is 1. The van der Waals surface area contributed by atoms with Crippen LogP contribution in [0.5, 0.6) is 0 Å². The van der Waals surface area contributed by atoms with Crippen molar-refractivity contribution < 1.29 is 0 Å². The summed E-state index contributed by atoms with van der Waals surface area (Å²) >= 11 is 2.86. The first-order valence-electron chi connectivity index (χ1n) is 4.88. The predicted molar refractivity (Wildman–Crippen MR) is 69.5 cm³/mol. The number of pyridine rings is 1. The van der Waals surface area contributed by atoms with E-state index in [2.05, 4.69) is 10.2 Å². The molecule has 0 spiro atoms. The second kappa shape index (κ2) is 3.94. The van der Waals surface area contributed by atoms with Crippen molar-refractivity contribution in [1.29, 1.82) is 0 Å². The van der Waals surface area contributed by atoms with Gasteiger partial charge in [0, 0.05) is 10.9 Å². The summed E-state index contributed by atoms with van der Waals surface area (Å²) in [6.07, 6.45) is 1.78. The van der Waals surface area contributed by atoms with Crippen LogP contribution in [-0.4, -0.2) is 14.8 Å². The molecule has 86 valence electrons. The highest BCUT2D eigenvalue weighted by molar-refractivity contribution is 7.17. The van der Waals surface area contributed by atoms with E-state index in [1.54, 1.807) is 22.1 Å². The minimum atomic E-state index is -0.00229. The van der Waals surface area contributed by atoms with E-state index < -0.39 is 0 Å². The van der Waals surface area contributed by atoms with E-state index >= 15 is 0 Å². The molecule has 3 rings (SSSR count). The molecule has 3 aromatic rings. The molecule has 7 heteroatoms. The number of hydrogen-bond donors (Lipinski definition) is 1. The van der Waals surface area contributed by atoms with Crippen molar-refractivity contribution in [3.8, 4) is 0 Å². The Morgan fingerprint density at radius 2 is 2.24 bits per heavy atom. The molecule has 0 amide bonds. The van der Waals surface area contributed by atoms with Crippen molar-refractivity contribution in [3.63, 3.8) is 0 Å². The topological polar surface area (TPSA) is 73.8 Å². The fourth-order valence-electron chi connectivity index (χ4n) is 1.61. The normalized spacial score (nSPS) is 11.1. The van der Waals surface area contributed by atoms with Gasteiger partial charge >= 0.3 is 0 Å². The van der Waals surface area contributed by atoms with Crippen molar-refractivity contribution in [3.05, 3.63) is 39.1 Å². The highest BCUT2D eigenvalue weighted by atomic mass is 32.1. The third-order valence-electron chi connectivity index (χ3n) is 2.38. The van der Waals surface area contributed by atoms with E-state index in [-0.39, 0.29) is 5.56 Å². The Morgan fingerprint density at radius 1 is 1.35 bits per heavy atom. The fourth-order valence-corrected chi connectivity index (χ4v) is 2.99. The molecule has 0 aliphatic carbocycles. The molecule has 0 aromatic carbocycles. The second-order valence-electron chi connectivity index (χ2n) is 3.48. The van der Waals surface area contributed by atoms with Gasteiger partial charge in [0.25, 0.3) is 5.56 Å². The lowest BCUT2D eigenvalue weighted by Gasteiger charge is -2.01. The first-order valence-corrected chi connectivity index (χ1v) is 6.58. The third kappa shape index (κ3) is 1.83. The molecule has 2 N–H and O–H groups in total. The summed E-state index contributed by atoms with van der Waals surface area (Å²) in [5, 5.41) is 11.5. The Morgan fingerprint density at radius 3 is 3.00 bits per heavy atom.